The minimum atomic E-state index is -1.91. The van der Waals surface area contributed by atoms with Crippen molar-refractivity contribution < 1.29 is 17.6 Å². The van der Waals surface area contributed by atoms with E-state index in [-0.39, 0.29) is 6.61 Å². The Kier molecular flexibility index (Phi) is 5.15. The lowest BCUT2D eigenvalue weighted by atomic mass is 10.2. The van der Waals surface area contributed by atoms with Gasteiger partial charge in [0.2, 0.25) is 8.32 Å². The number of carbonyl (C=O) groups excluding carboxylic acids is 1. The van der Waals surface area contributed by atoms with Crippen LogP contribution in [0.1, 0.15) is 20.8 Å². The van der Waals surface area contributed by atoms with Gasteiger partial charge in [-0.2, -0.15) is 0 Å². The van der Waals surface area contributed by atoms with E-state index < -0.39 is 30.1 Å². The van der Waals surface area contributed by atoms with Gasteiger partial charge in [-0.3, -0.25) is 4.79 Å². The van der Waals surface area contributed by atoms with E-state index in [9.17, 15) is 9.00 Å². The Balaban J connectivity index is 4.59. The average molecular weight is 252 g/mol. The van der Waals surface area contributed by atoms with Crippen molar-refractivity contribution in [3.8, 4) is 0 Å². The van der Waals surface area contributed by atoms with E-state index in [2.05, 4.69) is 0 Å². The number of hydrogen-bond acceptors (Lipinski definition) is 4. The zero-order valence-electron chi connectivity index (χ0n) is 10.2. The van der Waals surface area contributed by atoms with Crippen LogP contribution in [0.4, 0.5) is 0 Å². The predicted molar refractivity (Wildman–Crippen MR) is 63.3 cm³/mol. The van der Waals surface area contributed by atoms with Crippen molar-refractivity contribution in [1.29, 1.82) is 0 Å². The quantitative estimate of drug-likeness (QED) is 0.553. The van der Waals surface area contributed by atoms with Crippen molar-refractivity contribution >= 4 is 25.4 Å². The molecule has 0 bridgehead atoms. The van der Waals surface area contributed by atoms with Crippen LogP contribution < -0.4 is 0 Å². The number of rotatable bonds is 5. The van der Waals surface area contributed by atoms with Crippen molar-refractivity contribution in [3.63, 3.8) is 0 Å². The van der Waals surface area contributed by atoms with Crippen LogP contribution in [0.3, 0.4) is 0 Å². The summed E-state index contributed by atoms with van der Waals surface area (Å²) in [7, 11) is -1.91. The van der Waals surface area contributed by atoms with Gasteiger partial charge in [0.05, 0.1) is 6.61 Å². The third-order valence-electron chi connectivity index (χ3n) is 1.51. The molecule has 0 aromatic rings. The molecular weight excluding hydrogens is 232 g/mol. The second-order valence-electron chi connectivity index (χ2n) is 4.66. The maximum absolute atomic E-state index is 11.8. The summed E-state index contributed by atoms with van der Waals surface area (Å²) >= 11 is -1.64. The van der Waals surface area contributed by atoms with Crippen LogP contribution in [0.15, 0.2) is 0 Å². The van der Waals surface area contributed by atoms with Crippen LogP contribution in [0, 0.1) is 0 Å². The highest BCUT2D eigenvalue weighted by Gasteiger charge is 2.39. The lowest BCUT2D eigenvalue weighted by molar-refractivity contribution is -0.145. The number of carbonyl (C=O) groups is 1. The van der Waals surface area contributed by atoms with E-state index in [0.717, 1.165) is 0 Å². The highest BCUT2D eigenvalue weighted by atomic mass is 32.2. The molecule has 0 spiro atoms. The summed E-state index contributed by atoms with van der Waals surface area (Å²) in [5.74, 6) is -0.485. The topological polar surface area (TPSA) is 52.6 Å². The van der Waals surface area contributed by atoms with Gasteiger partial charge in [0.1, 0.15) is 0 Å². The summed E-state index contributed by atoms with van der Waals surface area (Å²) in [5, 5.41) is 0. The zero-order valence-corrected chi connectivity index (χ0v) is 12.1. The van der Waals surface area contributed by atoms with Gasteiger partial charge in [0.15, 0.2) is 15.8 Å². The largest absolute Gasteiger partial charge is 0.465 e. The van der Waals surface area contributed by atoms with E-state index in [1.807, 2.05) is 19.6 Å². The first-order chi connectivity index (χ1) is 6.61. The standard InChI is InChI=1S/C9H20O4SSi/c1-7-12-8(10)9(2,3)14(11)13-15(4,5)6/h7H2,1-6H3. The first kappa shape index (κ1) is 14.8. The number of hydrogen-bond donors (Lipinski definition) is 0. The highest BCUT2D eigenvalue weighted by molar-refractivity contribution is 7.83. The van der Waals surface area contributed by atoms with Gasteiger partial charge in [0, 0.05) is 0 Å². The number of ether oxygens (including phenoxy) is 1. The first-order valence-corrected chi connectivity index (χ1v) is 9.38. The van der Waals surface area contributed by atoms with Crippen molar-refractivity contribution in [3.05, 3.63) is 0 Å². The first-order valence-electron chi connectivity index (χ1n) is 4.90. The van der Waals surface area contributed by atoms with E-state index >= 15 is 0 Å². The molecule has 0 N–H and O–H groups in total. The van der Waals surface area contributed by atoms with Crippen LogP contribution in [0.5, 0.6) is 0 Å². The monoisotopic (exact) mass is 252 g/mol. The minimum absolute atomic E-state index is 0.284. The van der Waals surface area contributed by atoms with Crippen molar-refractivity contribution in [2.75, 3.05) is 6.61 Å². The highest BCUT2D eigenvalue weighted by Crippen LogP contribution is 2.20. The van der Waals surface area contributed by atoms with Crippen molar-refractivity contribution in [1.82, 2.24) is 0 Å². The van der Waals surface area contributed by atoms with Gasteiger partial charge in [-0.1, -0.05) is 0 Å². The maximum atomic E-state index is 11.8. The summed E-state index contributed by atoms with van der Waals surface area (Å²) in [5.41, 5.74) is 0. The fourth-order valence-electron chi connectivity index (χ4n) is 0.704. The Bertz CT molecular complexity index is 257. The Morgan fingerprint density at radius 2 is 1.80 bits per heavy atom. The van der Waals surface area contributed by atoms with Crippen LogP contribution in [0.25, 0.3) is 0 Å². The molecule has 0 aliphatic rings. The summed E-state index contributed by atoms with van der Waals surface area (Å²) in [6.45, 7) is 10.9. The van der Waals surface area contributed by atoms with Crippen molar-refractivity contribution in [2.45, 2.75) is 45.2 Å². The van der Waals surface area contributed by atoms with Crippen LogP contribution in [-0.4, -0.2) is 29.8 Å². The fraction of sp³-hybridized carbons (Fsp3) is 0.889. The zero-order chi connectivity index (χ0) is 12.3. The van der Waals surface area contributed by atoms with Crippen LogP contribution in [0.2, 0.25) is 19.6 Å². The Hall–Kier alpha value is -0.203. The molecule has 0 amide bonds. The second kappa shape index (κ2) is 5.22. The van der Waals surface area contributed by atoms with Gasteiger partial charge in [-0.05, 0) is 40.4 Å². The molecule has 0 rings (SSSR count). The Morgan fingerprint density at radius 1 is 1.33 bits per heavy atom. The fourth-order valence-corrected chi connectivity index (χ4v) is 3.55. The summed E-state index contributed by atoms with van der Waals surface area (Å²) in [4.78, 5) is 11.5. The minimum Gasteiger partial charge on any atom is -0.465 e. The molecule has 0 radical (unpaired) electrons. The SMILES string of the molecule is CCOC(=O)C(C)(C)S(=O)O[Si](C)(C)C. The third-order valence-corrected chi connectivity index (χ3v) is 5.11. The van der Waals surface area contributed by atoms with Crippen LogP contribution in [-0.2, 0) is 24.5 Å². The van der Waals surface area contributed by atoms with E-state index in [4.69, 9.17) is 8.61 Å². The lowest BCUT2D eigenvalue weighted by Crippen LogP contribution is -2.43. The van der Waals surface area contributed by atoms with Gasteiger partial charge >= 0.3 is 5.97 Å². The Labute approximate surface area is 95.1 Å². The van der Waals surface area contributed by atoms with Crippen molar-refractivity contribution in [2.24, 2.45) is 0 Å². The third kappa shape index (κ3) is 4.90. The molecule has 0 aromatic carbocycles. The smallest absolute Gasteiger partial charge is 0.326 e. The normalized spacial score (nSPS) is 14.8. The molecule has 15 heavy (non-hydrogen) atoms. The van der Waals surface area contributed by atoms with Gasteiger partial charge in [-0.25, -0.2) is 4.21 Å². The van der Waals surface area contributed by atoms with Gasteiger partial charge in [0.25, 0.3) is 0 Å². The average Bonchev–Trinajstić information content (AvgIpc) is 2.01. The molecule has 1 atom stereocenters. The molecule has 0 aliphatic heterocycles. The van der Waals surface area contributed by atoms with E-state index in [1.165, 1.54) is 0 Å². The molecule has 0 heterocycles. The van der Waals surface area contributed by atoms with E-state index in [1.54, 1.807) is 20.8 Å². The molecule has 0 aliphatic carbocycles. The van der Waals surface area contributed by atoms with Crippen LogP contribution >= 0.6 is 0 Å². The molecule has 0 fully saturated rings. The molecule has 0 saturated heterocycles. The molecular formula is C9H20O4SSi. The predicted octanol–water partition coefficient (Wildman–Crippen LogP) is 1.84. The van der Waals surface area contributed by atoms with Gasteiger partial charge in [-0.15, -0.1) is 0 Å². The number of esters is 1. The molecule has 1 unspecified atom stereocenters. The molecule has 0 saturated carbocycles. The molecule has 90 valence electrons. The Morgan fingerprint density at radius 3 is 2.13 bits per heavy atom. The van der Waals surface area contributed by atoms with Gasteiger partial charge < -0.3 is 8.61 Å². The van der Waals surface area contributed by atoms with E-state index in [0.29, 0.717) is 0 Å². The second-order valence-corrected chi connectivity index (χ2v) is 11.0. The molecule has 6 heteroatoms. The molecule has 0 aromatic heterocycles. The summed E-state index contributed by atoms with van der Waals surface area (Å²) in [6, 6.07) is 0. The summed E-state index contributed by atoms with van der Waals surface area (Å²) in [6.07, 6.45) is 0. The summed E-state index contributed by atoms with van der Waals surface area (Å²) < 4.78 is 20.9. The lowest BCUT2D eigenvalue weighted by Gasteiger charge is -2.25. The molecule has 4 nitrogen and oxygen atoms in total. The maximum Gasteiger partial charge on any atom is 0.326 e.